The molecule has 0 fully saturated rings. The van der Waals surface area contributed by atoms with Crippen LogP contribution in [0.1, 0.15) is 39.7 Å². The van der Waals surface area contributed by atoms with Crippen LogP contribution in [-0.2, 0) is 17.9 Å². The zero-order chi connectivity index (χ0) is 11.3. The van der Waals surface area contributed by atoms with Gasteiger partial charge in [0.25, 0.3) is 0 Å². The van der Waals surface area contributed by atoms with Crippen LogP contribution in [0.25, 0.3) is 0 Å². The summed E-state index contributed by atoms with van der Waals surface area (Å²) >= 11 is 0. The number of hydrogen-bond acceptors (Lipinski definition) is 2. The summed E-state index contributed by atoms with van der Waals surface area (Å²) in [5.74, 6) is 0. The Hall–Kier alpha value is -0.800. The number of nitrogens with zero attached hydrogens (tertiary/aromatic N) is 1. The predicted octanol–water partition coefficient (Wildman–Crippen LogP) is 2.72. The van der Waals surface area contributed by atoms with Crippen LogP contribution in [0.3, 0.4) is 0 Å². The van der Waals surface area contributed by atoms with Gasteiger partial charge >= 0.3 is 0 Å². The average molecular weight is 210 g/mol. The lowest BCUT2D eigenvalue weighted by Gasteiger charge is -2.18. The number of aromatic nitrogens is 1. The number of nitrogens with one attached hydrogen (secondary N) is 1. The first-order valence-electron chi connectivity index (χ1n) is 5.57. The van der Waals surface area contributed by atoms with Gasteiger partial charge in [-0.3, -0.25) is 4.84 Å². The van der Waals surface area contributed by atoms with Gasteiger partial charge in [-0.1, -0.05) is 6.92 Å². The van der Waals surface area contributed by atoms with E-state index >= 15 is 0 Å². The third-order valence-corrected chi connectivity index (χ3v) is 1.95. The Kier molecular flexibility index (Phi) is 4.36. The Morgan fingerprint density at radius 1 is 1.40 bits per heavy atom. The summed E-state index contributed by atoms with van der Waals surface area (Å²) in [6, 6.07) is 2.12. The van der Waals surface area contributed by atoms with Crippen LogP contribution in [0.4, 0.5) is 0 Å². The molecule has 1 heterocycles. The Morgan fingerprint density at radius 2 is 2.13 bits per heavy atom. The summed E-state index contributed by atoms with van der Waals surface area (Å²) < 4.78 is 2.20. The zero-order valence-corrected chi connectivity index (χ0v) is 10.2. The highest BCUT2D eigenvalue weighted by Gasteiger charge is 2.09. The quantitative estimate of drug-likeness (QED) is 0.756. The number of rotatable bonds is 5. The molecule has 3 nitrogen and oxygen atoms in total. The van der Waals surface area contributed by atoms with E-state index in [9.17, 15) is 0 Å². The molecule has 0 spiro atoms. The summed E-state index contributed by atoms with van der Waals surface area (Å²) in [5, 5.41) is 0. The minimum absolute atomic E-state index is 0.133. The summed E-state index contributed by atoms with van der Waals surface area (Å²) in [6.07, 6.45) is 5.43. The highest BCUT2D eigenvalue weighted by molar-refractivity contribution is 5.09. The standard InChI is InChI=1S/C12H22N2O/c1-5-7-14-8-6-11(10-14)9-13-15-12(2,3)4/h6,8,10,13H,5,7,9H2,1-4H3. The third kappa shape index (κ3) is 5.00. The Balaban J connectivity index is 2.31. The van der Waals surface area contributed by atoms with Crippen LogP contribution in [0.5, 0.6) is 0 Å². The first kappa shape index (κ1) is 12.3. The molecule has 1 N–H and O–H groups in total. The fraction of sp³-hybridized carbons (Fsp3) is 0.667. The van der Waals surface area contributed by atoms with E-state index in [2.05, 4.69) is 35.4 Å². The molecule has 0 unspecified atom stereocenters. The van der Waals surface area contributed by atoms with Gasteiger partial charge in [-0.15, -0.1) is 0 Å². The maximum absolute atomic E-state index is 5.44. The lowest BCUT2D eigenvalue weighted by molar-refractivity contribution is -0.0757. The molecular formula is C12H22N2O. The molecule has 86 valence electrons. The maximum Gasteiger partial charge on any atom is 0.0813 e. The van der Waals surface area contributed by atoms with E-state index < -0.39 is 0 Å². The lowest BCUT2D eigenvalue weighted by atomic mass is 10.2. The van der Waals surface area contributed by atoms with Crippen molar-refractivity contribution in [3.05, 3.63) is 24.0 Å². The van der Waals surface area contributed by atoms with E-state index in [1.165, 1.54) is 12.0 Å². The minimum atomic E-state index is -0.133. The molecule has 0 radical (unpaired) electrons. The van der Waals surface area contributed by atoms with Crippen LogP contribution in [-0.4, -0.2) is 10.2 Å². The van der Waals surface area contributed by atoms with E-state index in [-0.39, 0.29) is 5.60 Å². The number of hydrogen-bond donors (Lipinski definition) is 1. The second kappa shape index (κ2) is 5.33. The van der Waals surface area contributed by atoms with E-state index in [4.69, 9.17) is 4.84 Å². The predicted molar refractivity (Wildman–Crippen MR) is 62.4 cm³/mol. The highest BCUT2D eigenvalue weighted by Crippen LogP contribution is 2.06. The molecule has 0 bridgehead atoms. The van der Waals surface area contributed by atoms with E-state index in [0.29, 0.717) is 0 Å². The van der Waals surface area contributed by atoms with Gasteiger partial charge in [0.05, 0.1) is 5.60 Å². The second-order valence-electron chi connectivity index (χ2n) is 4.79. The van der Waals surface area contributed by atoms with Gasteiger partial charge in [0.1, 0.15) is 0 Å². The van der Waals surface area contributed by atoms with Crippen LogP contribution in [0.15, 0.2) is 18.5 Å². The molecule has 0 aliphatic rings. The molecule has 1 aromatic rings. The van der Waals surface area contributed by atoms with Gasteiger partial charge in [-0.2, -0.15) is 5.48 Å². The van der Waals surface area contributed by atoms with E-state index in [0.717, 1.165) is 13.1 Å². The van der Waals surface area contributed by atoms with Crippen molar-refractivity contribution in [2.24, 2.45) is 0 Å². The van der Waals surface area contributed by atoms with Crippen LogP contribution < -0.4 is 5.48 Å². The van der Waals surface area contributed by atoms with Gasteiger partial charge in [-0.05, 0) is 38.8 Å². The van der Waals surface area contributed by atoms with E-state index in [1.807, 2.05) is 20.8 Å². The molecule has 15 heavy (non-hydrogen) atoms. The summed E-state index contributed by atoms with van der Waals surface area (Å²) in [7, 11) is 0. The largest absolute Gasteiger partial charge is 0.354 e. The van der Waals surface area contributed by atoms with Crippen LogP contribution in [0, 0.1) is 0 Å². The van der Waals surface area contributed by atoms with Crippen molar-refractivity contribution >= 4 is 0 Å². The number of aryl methyl sites for hydroxylation is 1. The molecule has 0 amide bonds. The van der Waals surface area contributed by atoms with Crippen molar-refractivity contribution in [1.82, 2.24) is 10.0 Å². The fourth-order valence-electron chi connectivity index (χ4n) is 1.33. The average Bonchev–Trinajstić information content (AvgIpc) is 2.51. The Morgan fingerprint density at radius 3 is 2.73 bits per heavy atom. The third-order valence-electron chi connectivity index (χ3n) is 1.95. The van der Waals surface area contributed by atoms with Gasteiger partial charge in [0, 0.05) is 25.5 Å². The molecule has 3 heteroatoms. The van der Waals surface area contributed by atoms with Crippen LogP contribution in [0.2, 0.25) is 0 Å². The van der Waals surface area contributed by atoms with Gasteiger partial charge in [0.15, 0.2) is 0 Å². The lowest BCUT2D eigenvalue weighted by Crippen LogP contribution is -2.28. The van der Waals surface area contributed by atoms with Crippen molar-refractivity contribution in [3.63, 3.8) is 0 Å². The first-order chi connectivity index (χ1) is 7.01. The topological polar surface area (TPSA) is 26.2 Å². The molecule has 1 aromatic heterocycles. The van der Waals surface area contributed by atoms with Crippen LogP contribution >= 0.6 is 0 Å². The molecule has 0 atom stereocenters. The highest BCUT2D eigenvalue weighted by atomic mass is 16.7. The van der Waals surface area contributed by atoms with Crippen molar-refractivity contribution in [2.75, 3.05) is 0 Å². The second-order valence-corrected chi connectivity index (χ2v) is 4.79. The van der Waals surface area contributed by atoms with Crippen molar-refractivity contribution in [3.8, 4) is 0 Å². The van der Waals surface area contributed by atoms with Gasteiger partial charge < -0.3 is 4.57 Å². The molecule has 0 aliphatic heterocycles. The van der Waals surface area contributed by atoms with Crippen molar-refractivity contribution in [2.45, 2.75) is 52.8 Å². The molecule has 0 aliphatic carbocycles. The van der Waals surface area contributed by atoms with Gasteiger partial charge in [-0.25, -0.2) is 0 Å². The summed E-state index contributed by atoms with van der Waals surface area (Å²) in [4.78, 5) is 5.44. The summed E-state index contributed by atoms with van der Waals surface area (Å²) in [6.45, 7) is 10.1. The van der Waals surface area contributed by atoms with Crippen molar-refractivity contribution < 1.29 is 4.84 Å². The Labute approximate surface area is 92.4 Å². The maximum atomic E-state index is 5.44. The molecule has 0 saturated heterocycles. The van der Waals surface area contributed by atoms with Crippen molar-refractivity contribution in [1.29, 1.82) is 0 Å². The Bertz CT molecular complexity index is 286. The number of hydroxylamine groups is 1. The smallest absolute Gasteiger partial charge is 0.0813 e. The molecular weight excluding hydrogens is 188 g/mol. The zero-order valence-electron chi connectivity index (χ0n) is 10.2. The summed E-state index contributed by atoms with van der Waals surface area (Å²) in [5.41, 5.74) is 4.11. The fourth-order valence-corrected chi connectivity index (χ4v) is 1.33. The van der Waals surface area contributed by atoms with E-state index in [1.54, 1.807) is 0 Å². The van der Waals surface area contributed by atoms with Gasteiger partial charge in [0.2, 0.25) is 0 Å². The minimum Gasteiger partial charge on any atom is -0.354 e. The first-order valence-corrected chi connectivity index (χ1v) is 5.57. The molecule has 0 aromatic carbocycles. The monoisotopic (exact) mass is 210 g/mol. The SMILES string of the molecule is CCCn1ccc(CNOC(C)(C)C)c1. The molecule has 1 rings (SSSR count). The molecule has 0 saturated carbocycles. The normalized spacial score (nSPS) is 12.0.